The van der Waals surface area contributed by atoms with E-state index < -0.39 is 0 Å². The Morgan fingerprint density at radius 3 is 2.14 bits per heavy atom. The van der Waals surface area contributed by atoms with Gasteiger partial charge >= 0.3 is 0 Å². The van der Waals surface area contributed by atoms with E-state index >= 15 is 0 Å². The van der Waals surface area contributed by atoms with Crippen LogP contribution in [0.5, 0.6) is 0 Å². The molecule has 3 atom stereocenters. The summed E-state index contributed by atoms with van der Waals surface area (Å²) in [6.07, 6.45) is 1.41. The second-order valence-electron chi connectivity index (χ2n) is 2.62. The van der Waals surface area contributed by atoms with Crippen LogP contribution in [-0.4, -0.2) is 5.25 Å². The summed E-state index contributed by atoms with van der Waals surface area (Å²) >= 11 is 4.31. The Labute approximate surface area is 50.7 Å². The molecule has 0 spiro atoms. The maximum absolute atomic E-state index is 4.31. The van der Waals surface area contributed by atoms with Crippen molar-refractivity contribution in [3.8, 4) is 0 Å². The van der Waals surface area contributed by atoms with E-state index in [1.165, 1.54) is 6.42 Å². The van der Waals surface area contributed by atoms with Crippen LogP contribution >= 0.6 is 12.6 Å². The maximum Gasteiger partial charge on any atom is 0.00193 e. The average molecular weight is 116 g/mol. The fourth-order valence-corrected chi connectivity index (χ4v) is 1.44. The van der Waals surface area contributed by atoms with Gasteiger partial charge in [-0.25, -0.2) is 0 Å². The van der Waals surface area contributed by atoms with Crippen molar-refractivity contribution >= 4 is 12.6 Å². The Kier molecular flexibility index (Phi) is 1.33. The molecule has 1 aliphatic rings. The van der Waals surface area contributed by atoms with Crippen LogP contribution in [0.15, 0.2) is 0 Å². The van der Waals surface area contributed by atoms with Crippen LogP contribution in [0.25, 0.3) is 0 Å². The number of hydrogen-bond donors (Lipinski definition) is 1. The highest BCUT2D eigenvalue weighted by atomic mass is 32.1. The molecule has 1 heteroatoms. The molecular formula is C6H12S. The molecule has 1 saturated carbocycles. The monoisotopic (exact) mass is 116 g/mol. The fraction of sp³-hybridized carbons (Fsp3) is 1.00. The minimum Gasteiger partial charge on any atom is -0.176 e. The van der Waals surface area contributed by atoms with E-state index in [2.05, 4.69) is 26.5 Å². The van der Waals surface area contributed by atoms with Gasteiger partial charge in [0.05, 0.1) is 0 Å². The molecule has 0 bridgehead atoms. The van der Waals surface area contributed by atoms with Gasteiger partial charge in [-0.15, -0.1) is 0 Å². The van der Waals surface area contributed by atoms with Crippen LogP contribution in [0.3, 0.4) is 0 Å². The third kappa shape index (κ3) is 1.12. The smallest absolute Gasteiger partial charge is 0.00193 e. The molecule has 0 amide bonds. The molecule has 0 aromatic rings. The molecule has 0 aliphatic heterocycles. The summed E-state index contributed by atoms with van der Waals surface area (Å²) in [5.74, 6) is 1.90. The zero-order valence-electron chi connectivity index (χ0n) is 4.89. The van der Waals surface area contributed by atoms with Gasteiger partial charge in [-0.2, -0.15) is 12.6 Å². The average Bonchev–Trinajstić information content (AvgIpc) is 2.17. The second kappa shape index (κ2) is 1.70. The quantitative estimate of drug-likeness (QED) is 0.497. The third-order valence-corrected chi connectivity index (χ3v) is 2.17. The first kappa shape index (κ1) is 5.49. The van der Waals surface area contributed by atoms with Crippen LogP contribution in [0, 0.1) is 11.8 Å². The van der Waals surface area contributed by atoms with Gasteiger partial charge in [0.25, 0.3) is 0 Å². The lowest BCUT2D eigenvalue weighted by molar-refractivity contribution is 0.744. The molecule has 0 N–H and O–H groups in total. The molecule has 1 rings (SSSR count). The topological polar surface area (TPSA) is 0 Å². The van der Waals surface area contributed by atoms with Crippen molar-refractivity contribution in [2.45, 2.75) is 25.5 Å². The molecule has 0 aromatic carbocycles. The van der Waals surface area contributed by atoms with Gasteiger partial charge in [-0.05, 0) is 18.3 Å². The Balaban J connectivity index is 2.20. The van der Waals surface area contributed by atoms with Crippen LogP contribution in [0.2, 0.25) is 0 Å². The van der Waals surface area contributed by atoms with E-state index in [1.807, 2.05) is 0 Å². The van der Waals surface area contributed by atoms with Crippen LogP contribution in [0.1, 0.15) is 20.3 Å². The van der Waals surface area contributed by atoms with Crippen LogP contribution in [-0.2, 0) is 0 Å². The summed E-state index contributed by atoms with van der Waals surface area (Å²) < 4.78 is 0. The van der Waals surface area contributed by atoms with Crippen molar-refractivity contribution in [2.24, 2.45) is 11.8 Å². The minimum atomic E-state index is 0.634. The van der Waals surface area contributed by atoms with Gasteiger partial charge in [0.2, 0.25) is 0 Å². The van der Waals surface area contributed by atoms with Crippen LogP contribution in [0.4, 0.5) is 0 Å². The van der Waals surface area contributed by atoms with E-state index in [0.717, 1.165) is 11.8 Å². The molecule has 3 unspecified atom stereocenters. The lowest BCUT2D eigenvalue weighted by atomic mass is 10.3. The summed E-state index contributed by atoms with van der Waals surface area (Å²) in [7, 11) is 0. The predicted molar refractivity (Wildman–Crippen MR) is 35.7 cm³/mol. The Hall–Kier alpha value is 0.350. The summed E-state index contributed by atoms with van der Waals surface area (Å²) in [5.41, 5.74) is 0. The van der Waals surface area contributed by atoms with Gasteiger partial charge in [0.1, 0.15) is 0 Å². The van der Waals surface area contributed by atoms with Crippen molar-refractivity contribution in [1.82, 2.24) is 0 Å². The highest BCUT2D eigenvalue weighted by molar-refractivity contribution is 7.80. The van der Waals surface area contributed by atoms with Gasteiger partial charge in [-0.3, -0.25) is 0 Å². The lowest BCUT2D eigenvalue weighted by Crippen LogP contribution is -1.93. The molecule has 0 radical (unpaired) electrons. The van der Waals surface area contributed by atoms with Crippen LogP contribution < -0.4 is 0 Å². The Morgan fingerprint density at radius 1 is 1.71 bits per heavy atom. The first-order valence-corrected chi connectivity index (χ1v) is 3.41. The first-order valence-electron chi connectivity index (χ1n) is 2.90. The standard InChI is InChI=1S/C6H12S/c1-4-3-6(4)5(2)7/h4-7H,3H2,1-2H3. The maximum atomic E-state index is 4.31. The van der Waals surface area contributed by atoms with Gasteiger partial charge in [0.15, 0.2) is 0 Å². The summed E-state index contributed by atoms with van der Waals surface area (Å²) in [5, 5.41) is 0.634. The van der Waals surface area contributed by atoms with Gasteiger partial charge in [0, 0.05) is 5.25 Å². The number of rotatable bonds is 1. The van der Waals surface area contributed by atoms with E-state index in [-0.39, 0.29) is 0 Å². The molecule has 7 heavy (non-hydrogen) atoms. The van der Waals surface area contributed by atoms with Crippen molar-refractivity contribution in [2.75, 3.05) is 0 Å². The number of thiol groups is 1. The minimum absolute atomic E-state index is 0.634. The molecular weight excluding hydrogens is 104 g/mol. The van der Waals surface area contributed by atoms with Crippen molar-refractivity contribution in [1.29, 1.82) is 0 Å². The zero-order chi connectivity index (χ0) is 5.44. The molecule has 0 nitrogen and oxygen atoms in total. The van der Waals surface area contributed by atoms with E-state index in [0.29, 0.717) is 5.25 Å². The summed E-state index contributed by atoms with van der Waals surface area (Å²) in [6, 6.07) is 0. The van der Waals surface area contributed by atoms with E-state index in [4.69, 9.17) is 0 Å². The molecule has 1 aliphatic carbocycles. The summed E-state index contributed by atoms with van der Waals surface area (Å²) in [4.78, 5) is 0. The zero-order valence-corrected chi connectivity index (χ0v) is 5.78. The third-order valence-electron chi connectivity index (χ3n) is 1.79. The van der Waals surface area contributed by atoms with E-state index in [9.17, 15) is 0 Å². The molecule has 1 fully saturated rings. The lowest BCUT2D eigenvalue weighted by Gasteiger charge is -1.96. The summed E-state index contributed by atoms with van der Waals surface area (Å²) in [6.45, 7) is 4.47. The fourth-order valence-electron chi connectivity index (χ4n) is 1.02. The largest absolute Gasteiger partial charge is 0.176 e. The molecule has 42 valence electrons. The van der Waals surface area contributed by atoms with Crippen molar-refractivity contribution < 1.29 is 0 Å². The van der Waals surface area contributed by atoms with Gasteiger partial charge < -0.3 is 0 Å². The van der Waals surface area contributed by atoms with Gasteiger partial charge in [-0.1, -0.05) is 13.8 Å². The van der Waals surface area contributed by atoms with Crippen molar-refractivity contribution in [3.63, 3.8) is 0 Å². The highest BCUT2D eigenvalue weighted by Crippen LogP contribution is 2.42. The molecule has 0 saturated heterocycles. The van der Waals surface area contributed by atoms with E-state index in [1.54, 1.807) is 0 Å². The van der Waals surface area contributed by atoms with Crippen molar-refractivity contribution in [3.05, 3.63) is 0 Å². The Bertz CT molecular complexity index is 68.6. The Morgan fingerprint density at radius 2 is 2.14 bits per heavy atom. The normalized spacial score (nSPS) is 43.3. The highest BCUT2D eigenvalue weighted by Gasteiger charge is 2.35. The SMILES string of the molecule is CC(S)C1CC1C. The first-order chi connectivity index (χ1) is 3.22. The molecule has 0 aromatic heterocycles. The number of hydrogen-bond acceptors (Lipinski definition) is 1. The predicted octanol–water partition coefficient (Wildman–Crippen LogP) is 1.96. The molecule has 0 heterocycles. The second-order valence-corrected chi connectivity index (χ2v) is 3.43.